The number of nitrogens with zero attached hydrogens (tertiary/aromatic N) is 3. The molecule has 2 aliphatic heterocycles. The van der Waals surface area contributed by atoms with Crippen molar-refractivity contribution in [3.8, 4) is 5.75 Å². The van der Waals surface area contributed by atoms with E-state index in [1.165, 1.54) is 28.2 Å². The Morgan fingerprint density at radius 3 is 2.47 bits per heavy atom. The third-order valence-corrected chi connectivity index (χ3v) is 7.83. The van der Waals surface area contributed by atoms with Crippen molar-refractivity contribution in [3.05, 3.63) is 36.2 Å². The zero-order valence-electron chi connectivity index (χ0n) is 18.3. The molecule has 32 heavy (non-hydrogen) atoms. The third kappa shape index (κ3) is 4.24. The predicted octanol–water partition coefficient (Wildman–Crippen LogP) is 2.59. The number of rotatable bonds is 6. The molecule has 0 spiro atoms. The molecule has 2 saturated heterocycles. The van der Waals surface area contributed by atoms with Gasteiger partial charge in [0, 0.05) is 51.1 Å². The van der Waals surface area contributed by atoms with E-state index in [1.54, 1.807) is 30.1 Å². The average Bonchev–Trinajstić information content (AvgIpc) is 3.40. The van der Waals surface area contributed by atoms with Gasteiger partial charge in [0.2, 0.25) is 15.9 Å². The number of ether oxygens (including phenoxy) is 1. The van der Waals surface area contributed by atoms with Gasteiger partial charge in [-0.15, -0.1) is 0 Å². The number of carbonyl (C=O) groups is 2. The van der Waals surface area contributed by atoms with Crippen molar-refractivity contribution in [1.29, 1.82) is 0 Å². The summed E-state index contributed by atoms with van der Waals surface area (Å²) in [5.41, 5.74) is 1.39. The lowest BCUT2D eigenvalue weighted by atomic mass is 10.2. The van der Waals surface area contributed by atoms with Crippen molar-refractivity contribution >= 4 is 33.2 Å². The Bertz CT molecular complexity index is 1140. The highest BCUT2D eigenvalue weighted by Crippen LogP contribution is 2.34. The van der Waals surface area contributed by atoms with Crippen LogP contribution in [0.1, 0.15) is 42.6 Å². The van der Waals surface area contributed by atoms with Crippen molar-refractivity contribution in [2.24, 2.45) is 7.05 Å². The SMILES string of the molecule is COc1cc(NC(=O)c2cc(S(=O)(=O)N3CCCCC3)cn2C)ccc1N1CCCC1=O. The number of anilines is 2. The molecule has 10 heteroatoms. The van der Waals surface area contributed by atoms with Crippen LogP contribution >= 0.6 is 0 Å². The summed E-state index contributed by atoms with van der Waals surface area (Å²) < 4.78 is 34.3. The van der Waals surface area contributed by atoms with Crippen molar-refractivity contribution < 1.29 is 22.7 Å². The molecule has 172 valence electrons. The second kappa shape index (κ2) is 8.95. The highest BCUT2D eigenvalue weighted by atomic mass is 32.2. The summed E-state index contributed by atoms with van der Waals surface area (Å²) in [5, 5.41) is 2.80. The minimum absolute atomic E-state index is 0.0475. The Balaban J connectivity index is 1.54. The van der Waals surface area contributed by atoms with Crippen LogP contribution in [0.4, 0.5) is 11.4 Å². The maximum atomic E-state index is 12.9. The van der Waals surface area contributed by atoms with Crippen molar-refractivity contribution in [2.45, 2.75) is 37.0 Å². The monoisotopic (exact) mass is 460 g/mol. The second-order valence-corrected chi connectivity index (χ2v) is 10.1. The lowest BCUT2D eigenvalue weighted by molar-refractivity contribution is -0.117. The Kier molecular flexibility index (Phi) is 6.25. The van der Waals surface area contributed by atoms with Gasteiger partial charge in [-0.1, -0.05) is 6.42 Å². The Hall–Kier alpha value is -2.85. The van der Waals surface area contributed by atoms with Crippen LogP contribution in [-0.2, 0) is 21.9 Å². The topological polar surface area (TPSA) is 101 Å². The standard InChI is InChI=1S/C22H28N4O5S/c1-24-15-17(32(29,30)25-10-4-3-5-11-25)14-19(24)22(28)23-16-8-9-18(20(13-16)31-2)26-12-6-7-21(26)27/h8-9,13-15H,3-7,10-12H2,1-2H3,(H,23,28). The van der Waals surface area contributed by atoms with E-state index in [-0.39, 0.29) is 16.5 Å². The van der Waals surface area contributed by atoms with Crippen LogP contribution in [0.15, 0.2) is 35.4 Å². The van der Waals surface area contributed by atoms with E-state index < -0.39 is 15.9 Å². The van der Waals surface area contributed by atoms with Gasteiger partial charge in [0.15, 0.2) is 0 Å². The highest BCUT2D eigenvalue weighted by molar-refractivity contribution is 7.89. The molecule has 2 fully saturated rings. The number of aromatic nitrogens is 1. The molecule has 0 bridgehead atoms. The van der Waals surface area contributed by atoms with E-state index in [1.807, 2.05) is 0 Å². The Morgan fingerprint density at radius 1 is 1.06 bits per heavy atom. The number of aryl methyl sites for hydroxylation is 1. The highest BCUT2D eigenvalue weighted by Gasteiger charge is 2.29. The molecule has 0 atom stereocenters. The molecule has 1 aromatic heterocycles. The minimum Gasteiger partial charge on any atom is -0.494 e. The van der Waals surface area contributed by atoms with E-state index in [9.17, 15) is 18.0 Å². The normalized spacial score (nSPS) is 17.6. The average molecular weight is 461 g/mol. The second-order valence-electron chi connectivity index (χ2n) is 8.13. The molecule has 1 aromatic carbocycles. The molecule has 0 saturated carbocycles. The summed E-state index contributed by atoms with van der Waals surface area (Å²) in [5.74, 6) is 0.101. The zero-order valence-corrected chi connectivity index (χ0v) is 19.2. The van der Waals surface area contributed by atoms with Gasteiger partial charge < -0.3 is 19.5 Å². The molecule has 2 aliphatic rings. The number of hydrogen-bond donors (Lipinski definition) is 1. The van der Waals surface area contributed by atoms with Crippen LogP contribution in [0.5, 0.6) is 5.75 Å². The van der Waals surface area contributed by atoms with Gasteiger partial charge in [-0.3, -0.25) is 9.59 Å². The van der Waals surface area contributed by atoms with Gasteiger partial charge >= 0.3 is 0 Å². The van der Waals surface area contributed by atoms with Gasteiger partial charge in [0.05, 0.1) is 12.8 Å². The molecule has 2 aromatic rings. The minimum atomic E-state index is -3.63. The number of benzene rings is 1. The summed E-state index contributed by atoms with van der Waals surface area (Å²) >= 11 is 0. The number of hydrogen-bond acceptors (Lipinski definition) is 5. The first-order valence-corrected chi connectivity index (χ1v) is 12.2. The molecule has 3 heterocycles. The fraction of sp³-hybridized carbons (Fsp3) is 0.455. The number of amides is 2. The first kappa shape index (κ1) is 22.3. The summed E-state index contributed by atoms with van der Waals surface area (Å²) in [6, 6.07) is 6.52. The lowest BCUT2D eigenvalue weighted by Gasteiger charge is -2.25. The largest absolute Gasteiger partial charge is 0.494 e. The van der Waals surface area contributed by atoms with Gasteiger partial charge in [-0.05, 0) is 37.5 Å². The molecule has 2 amide bonds. The molecule has 1 N–H and O–H groups in total. The molecule has 4 rings (SSSR count). The van der Waals surface area contributed by atoms with Gasteiger partial charge in [-0.25, -0.2) is 8.42 Å². The third-order valence-electron chi connectivity index (χ3n) is 5.97. The smallest absolute Gasteiger partial charge is 0.272 e. The van der Waals surface area contributed by atoms with Crippen LogP contribution in [0.25, 0.3) is 0 Å². The van der Waals surface area contributed by atoms with E-state index in [0.29, 0.717) is 43.2 Å². The van der Waals surface area contributed by atoms with Gasteiger partial charge in [0.25, 0.3) is 5.91 Å². The summed E-state index contributed by atoms with van der Waals surface area (Å²) in [6.45, 7) is 1.65. The molecule has 0 aliphatic carbocycles. The number of carbonyl (C=O) groups excluding carboxylic acids is 2. The number of nitrogens with one attached hydrogen (secondary N) is 1. The number of methoxy groups -OCH3 is 1. The van der Waals surface area contributed by atoms with E-state index in [4.69, 9.17) is 4.74 Å². The van der Waals surface area contributed by atoms with E-state index in [0.717, 1.165) is 25.7 Å². The number of sulfonamides is 1. The maximum Gasteiger partial charge on any atom is 0.272 e. The molecule has 9 nitrogen and oxygen atoms in total. The molecule has 0 radical (unpaired) electrons. The fourth-order valence-electron chi connectivity index (χ4n) is 4.23. The predicted molar refractivity (Wildman–Crippen MR) is 121 cm³/mol. The molecule has 0 unspecified atom stereocenters. The van der Waals surface area contributed by atoms with Crippen LogP contribution in [0.2, 0.25) is 0 Å². The van der Waals surface area contributed by atoms with Crippen LogP contribution < -0.4 is 15.0 Å². The van der Waals surface area contributed by atoms with Gasteiger partial charge in [0.1, 0.15) is 16.3 Å². The molecular weight excluding hydrogens is 432 g/mol. The van der Waals surface area contributed by atoms with Gasteiger partial charge in [-0.2, -0.15) is 4.31 Å². The van der Waals surface area contributed by atoms with Crippen LogP contribution in [0, 0.1) is 0 Å². The first-order valence-electron chi connectivity index (χ1n) is 10.8. The summed E-state index contributed by atoms with van der Waals surface area (Å²) in [4.78, 5) is 26.8. The van der Waals surface area contributed by atoms with E-state index in [2.05, 4.69) is 5.32 Å². The quantitative estimate of drug-likeness (QED) is 0.714. The maximum absolute atomic E-state index is 12.9. The summed E-state index contributed by atoms with van der Waals surface area (Å²) in [6.07, 6.45) is 5.51. The van der Waals surface area contributed by atoms with Crippen molar-refractivity contribution in [3.63, 3.8) is 0 Å². The fourth-order valence-corrected chi connectivity index (χ4v) is 5.82. The molecular formula is C22H28N4O5S. The van der Waals surface area contributed by atoms with E-state index >= 15 is 0 Å². The summed E-state index contributed by atoms with van der Waals surface area (Å²) in [7, 11) is -0.467. The van der Waals surface area contributed by atoms with Crippen LogP contribution in [0.3, 0.4) is 0 Å². The number of piperidine rings is 1. The first-order chi connectivity index (χ1) is 15.3. The van der Waals surface area contributed by atoms with Crippen molar-refractivity contribution in [1.82, 2.24) is 8.87 Å². The zero-order chi connectivity index (χ0) is 22.9. The van der Waals surface area contributed by atoms with Crippen LogP contribution in [-0.4, -0.2) is 55.8 Å². The van der Waals surface area contributed by atoms with Crippen molar-refractivity contribution in [2.75, 3.05) is 37.0 Å². The Labute approximate surface area is 188 Å². The lowest BCUT2D eigenvalue weighted by Crippen LogP contribution is -2.35. The Morgan fingerprint density at radius 2 is 1.81 bits per heavy atom.